The highest BCUT2D eigenvalue weighted by molar-refractivity contribution is 6.03. The van der Waals surface area contributed by atoms with Gasteiger partial charge in [0.05, 0.1) is 0 Å². The first kappa shape index (κ1) is 17.3. The zero-order chi connectivity index (χ0) is 18.5. The van der Waals surface area contributed by atoms with E-state index >= 15 is 0 Å². The van der Waals surface area contributed by atoms with Crippen LogP contribution < -0.4 is 10.6 Å². The number of aromatic nitrogens is 2. The second kappa shape index (κ2) is 7.57. The standard InChI is InChI=1S/C20H18N4O2/c1-13-5-3-4-6-17(13)24-20(26)18-11-19(22-12-21-18)23-16-9-7-15(8-10-16)14(2)25/h3-12H,1-2H3,(H,24,26)(H,21,22,23). The molecule has 0 bridgehead atoms. The van der Waals surface area contributed by atoms with Crippen LogP contribution in [0.2, 0.25) is 0 Å². The Morgan fingerprint density at radius 2 is 1.69 bits per heavy atom. The van der Waals surface area contributed by atoms with Crippen LogP contribution >= 0.6 is 0 Å². The van der Waals surface area contributed by atoms with Gasteiger partial charge in [0, 0.05) is 23.0 Å². The second-order valence-corrected chi connectivity index (χ2v) is 5.82. The molecule has 0 aliphatic carbocycles. The van der Waals surface area contributed by atoms with E-state index in [4.69, 9.17) is 0 Å². The number of benzene rings is 2. The smallest absolute Gasteiger partial charge is 0.274 e. The third kappa shape index (κ3) is 4.10. The molecule has 2 N–H and O–H groups in total. The maximum atomic E-state index is 12.4. The summed E-state index contributed by atoms with van der Waals surface area (Å²) in [6.07, 6.45) is 1.33. The van der Waals surface area contributed by atoms with Crippen molar-refractivity contribution in [2.75, 3.05) is 10.6 Å². The third-order valence-electron chi connectivity index (χ3n) is 3.86. The van der Waals surface area contributed by atoms with E-state index in [1.807, 2.05) is 31.2 Å². The molecule has 26 heavy (non-hydrogen) atoms. The topological polar surface area (TPSA) is 84.0 Å². The van der Waals surface area contributed by atoms with Crippen molar-refractivity contribution in [3.63, 3.8) is 0 Å². The van der Waals surface area contributed by atoms with Crippen LogP contribution in [0.25, 0.3) is 0 Å². The zero-order valence-electron chi connectivity index (χ0n) is 14.5. The summed E-state index contributed by atoms with van der Waals surface area (Å²) in [5, 5.41) is 5.94. The van der Waals surface area contributed by atoms with Crippen molar-refractivity contribution in [3.05, 3.63) is 77.7 Å². The Kier molecular flexibility index (Phi) is 5.03. The summed E-state index contributed by atoms with van der Waals surface area (Å²) in [5.41, 5.74) is 3.37. The van der Waals surface area contributed by atoms with Gasteiger partial charge < -0.3 is 10.6 Å². The molecule has 1 amide bonds. The van der Waals surface area contributed by atoms with Gasteiger partial charge in [-0.05, 0) is 49.7 Å². The van der Waals surface area contributed by atoms with Crippen molar-refractivity contribution in [3.8, 4) is 0 Å². The monoisotopic (exact) mass is 346 g/mol. The molecule has 0 radical (unpaired) electrons. The highest BCUT2D eigenvalue weighted by atomic mass is 16.2. The number of carbonyl (C=O) groups is 2. The quantitative estimate of drug-likeness (QED) is 0.683. The number of anilines is 3. The maximum absolute atomic E-state index is 12.4. The van der Waals surface area contributed by atoms with E-state index in [9.17, 15) is 9.59 Å². The van der Waals surface area contributed by atoms with Crippen molar-refractivity contribution in [2.45, 2.75) is 13.8 Å². The second-order valence-electron chi connectivity index (χ2n) is 5.82. The minimum Gasteiger partial charge on any atom is -0.340 e. The van der Waals surface area contributed by atoms with Gasteiger partial charge in [0.2, 0.25) is 0 Å². The van der Waals surface area contributed by atoms with Crippen LogP contribution in [0.3, 0.4) is 0 Å². The van der Waals surface area contributed by atoms with Gasteiger partial charge in [0.15, 0.2) is 5.78 Å². The van der Waals surface area contributed by atoms with Crippen molar-refractivity contribution in [1.82, 2.24) is 9.97 Å². The lowest BCUT2D eigenvalue weighted by Crippen LogP contribution is -2.15. The number of carbonyl (C=O) groups excluding carboxylic acids is 2. The maximum Gasteiger partial charge on any atom is 0.274 e. The van der Waals surface area contributed by atoms with Crippen molar-refractivity contribution in [2.24, 2.45) is 0 Å². The van der Waals surface area contributed by atoms with Crippen LogP contribution in [0.15, 0.2) is 60.9 Å². The Hall–Kier alpha value is -3.54. The number of amides is 1. The number of rotatable bonds is 5. The Labute approximate surface area is 151 Å². The molecule has 130 valence electrons. The Balaban J connectivity index is 1.74. The molecule has 1 heterocycles. The molecular formula is C20H18N4O2. The van der Waals surface area contributed by atoms with E-state index in [1.165, 1.54) is 13.3 Å². The molecule has 0 saturated heterocycles. The lowest BCUT2D eigenvalue weighted by atomic mass is 10.1. The summed E-state index contributed by atoms with van der Waals surface area (Å²) in [4.78, 5) is 31.9. The average molecular weight is 346 g/mol. The van der Waals surface area contributed by atoms with Crippen molar-refractivity contribution in [1.29, 1.82) is 0 Å². The van der Waals surface area contributed by atoms with Crippen molar-refractivity contribution < 1.29 is 9.59 Å². The summed E-state index contributed by atoms with van der Waals surface area (Å²) in [6.45, 7) is 3.44. The molecule has 6 nitrogen and oxygen atoms in total. The molecule has 1 aromatic heterocycles. The average Bonchev–Trinajstić information content (AvgIpc) is 2.64. The van der Waals surface area contributed by atoms with E-state index in [-0.39, 0.29) is 17.4 Å². The predicted molar refractivity (Wildman–Crippen MR) is 101 cm³/mol. The highest BCUT2D eigenvalue weighted by Crippen LogP contribution is 2.17. The van der Waals surface area contributed by atoms with Crippen LogP contribution in [0.1, 0.15) is 33.3 Å². The number of hydrogen-bond donors (Lipinski definition) is 2. The van der Waals surface area contributed by atoms with Crippen LogP contribution in [0.4, 0.5) is 17.2 Å². The lowest BCUT2D eigenvalue weighted by Gasteiger charge is -2.09. The number of nitrogens with one attached hydrogen (secondary N) is 2. The summed E-state index contributed by atoms with van der Waals surface area (Å²) in [7, 11) is 0. The largest absolute Gasteiger partial charge is 0.340 e. The van der Waals surface area contributed by atoms with Gasteiger partial charge in [-0.25, -0.2) is 9.97 Å². The summed E-state index contributed by atoms with van der Waals surface area (Å²) < 4.78 is 0. The lowest BCUT2D eigenvalue weighted by molar-refractivity contribution is 0.101. The summed E-state index contributed by atoms with van der Waals surface area (Å²) in [5.74, 6) is 0.191. The Morgan fingerprint density at radius 3 is 2.38 bits per heavy atom. The molecule has 2 aromatic carbocycles. The molecular weight excluding hydrogens is 328 g/mol. The molecule has 0 aliphatic heterocycles. The van der Waals surface area contributed by atoms with Gasteiger partial charge in [-0.3, -0.25) is 9.59 Å². The van der Waals surface area contributed by atoms with E-state index in [0.717, 1.165) is 16.9 Å². The predicted octanol–water partition coefficient (Wildman–Crippen LogP) is 3.98. The molecule has 6 heteroatoms. The zero-order valence-corrected chi connectivity index (χ0v) is 14.5. The Morgan fingerprint density at radius 1 is 0.962 bits per heavy atom. The van der Waals surface area contributed by atoms with E-state index in [2.05, 4.69) is 20.6 Å². The van der Waals surface area contributed by atoms with Crippen LogP contribution in [0, 0.1) is 6.92 Å². The number of aryl methyl sites for hydroxylation is 1. The molecule has 0 atom stereocenters. The van der Waals surface area contributed by atoms with E-state index in [1.54, 1.807) is 30.3 Å². The molecule has 0 fully saturated rings. The first-order valence-electron chi connectivity index (χ1n) is 8.10. The number of Topliss-reactive ketones (excluding diaryl/α,β-unsaturated/α-hetero) is 1. The van der Waals surface area contributed by atoms with Crippen molar-refractivity contribution >= 4 is 28.9 Å². The number of nitrogens with zero attached hydrogens (tertiary/aromatic N) is 2. The van der Waals surface area contributed by atoms with Gasteiger partial charge in [0.25, 0.3) is 5.91 Å². The fraction of sp³-hybridized carbons (Fsp3) is 0.100. The number of ketones is 1. The molecule has 0 unspecified atom stereocenters. The van der Waals surface area contributed by atoms with Gasteiger partial charge in [0.1, 0.15) is 17.8 Å². The van der Waals surface area contributed by atoms with Crippen LogP contribution in [-0.2, 0) is 0 Å². The molecule has 3 rings (SSSR count). The molecule has 0 spiro atoms. The molecule has 0 aliphatic rings. The van der Waals surface area contributed by atoms with E-state index < -0.39 is 0 Å². The van der Waals surface area contributed by atoms with Gasteiger partial charge in [-0.1, -0.05) is 18.2 Å². The third-order valence-corrected chi connectivity index (χ3v) is 3.86. The number of para-hydroxylation sites is 1. The highest BCUT2D eigenvalue weighted by Gasteiger charge is 2.10. The minimum atomic E-state index is -0.309. The van der Waals surface area contributed by atoms with Gasteiger partial charge in [-0.2, -0.15) is 0 Å². The van der Waals surface area contributed by atoms with Crippen LogP contribution in [0.5, 0.6) is 0 Å². The fourth-order valence-corrected chi connectivity index (χ4v) is 2.39. The Bertz CT molecular complexity index is 952. The fourth-order valence-electron chi connectivity index (χ4n) is 2.39. The summed E-state index contributed by atoms with van der Waals surface area (Å²) in [6, 6.07) is 16.1. The van der Waals surface area contributed by atoms with Crippen LogP contribution in [-0.4, -0.2) is 21.7 Å². The normalized spacial score (nSPS) is 10.2. The first-order valence-corrected chi connectivity index (χ1v) is 8.10. The SMILES string of the molecule is CC(=O)c1ccc(Nc2cc(C(=O)Nc3ccccc3C)ncn2)cc1. The minimum absolute atomic E-state index is 0.00810. The van der Waals surface area contributed by atoms with E-state index in [0.29, 0.717) is 11.4 Å². The van der Waals surface area contributed by atoms with Gasteiger partial charge >= 0.3 is 0 Å². The summed E-state index contributed by atoms with van der Waals surface area (Å²) >= 11 is 0. The number of hydrogen-bond acceptors (Lipinski definition) is 5. The molecule has 3 aromatic rings. The molecule has 0 saturated carbocycles. The first-order chi connectivity index (χ1) is 12.5. The van der Waals surface area contributed by atoms with Gasteiger partial charge in [-0.15, -0.1) is 0 Å².